The number of benzene rings is 1. The monoisotopic (exact) mass is 680 g/mol. The van der Waals surface area contributed by atoms with Crippen molar-refractivity contribution in [3.63, 3.8) is 0 Å². The van der Waals surface area contributed by atoms with Crippen LogP contribution in [0.1, 0.15) is 85.1 Å². The van der Waals surface area contributed by atoms with Gasteiger partial charge in [-0.3, -0.25) is 19.2 Å². The Kier molecular flexibility index (Phi) is 8.79. The lowest BCUT2D eigenvalue weighted by Crippen LogP contribution is -2.66. The van der Waals surface area contributed by atoms with Gasteiger partial charge in [-0.1, -0.05) is 52.2 Å². The average molecular weight is 681 g/mol. The van der Waals surface area contributed by atoms with E-state index >= 15 is 0 Å². The highest BCUT2D eigenvalue weighted by Gasteiger charge is 2.88. The van der Waals surface area contributed by atoms with Crippen molar-refractivity contribution in [1.29, 1.82) is 0 Å². The molecule has 5 aliphatic rings. The highest BCUT2D eigenvalue weighted by molar-refractivity contribution is 6.04. The molecule has 1 aromatic rings. The molecule has 266 valence electrons. The first-order valence-electron chi connectivity index (χ1n) is 17.3. The van der Waals surface area contributed by atoms with Gasteiger partial charge < -0.3 is 34.3 Å². The van der Waals surface area contributed by atoms with Gasteiger partial charge in [-0.05, 0) is 55.0 Å². The van der Waals surface area contributed by atoms with E-state index in [2.05, 4.69) is 0 Å². The molecule has 0 aromatic heterocycles. The van der Waals surface area contributed by atoms with Crippen LogP contribution in [0.5, 0.6) is 11.5 Å². The summed E-state index contributed by atoms with van der Waals surface area (Å²) in [5, 5.41) is 35.2. The van der Waals surface area contributed by atoms with E-state index in [0.29, 0.717) is 5.56 Å². The van der Waals surface area contributed by atoms with Crippen LogP contribution in [0.25, 0.3) is 0 Å². The molecule has 49 heavy (non-hydrogen) atoms. The van der Waals surface area contributed by atoms with Gasteiger partial charge in [0.25, 0.3) is 0 Å². The number of ether oxygens (including phenoxy) is 4. The highest BCUT2D eigenvalue weighted by atomic mass is 16.6. The Labute approximate surface area is 286 Å². The minimum Gasteiger partial charge on any atom is -0.504 e. The molecule has 3 saturated carbocycles. The lowest BCUT2D eigenvalue weighted by atomic mass is 9.59. The minimum absolute atomic E-state index is 0.0000124. The quantitative estimate of drug-likeness (QED) is 0.262. The van der Waals surface area contributed by atoms with E-state index in [4.69, 9.17) is 18.9 Å². The predicted octanol–water partition coefficient (Wildman–Crippen LogP) is 4.49. The largest absolute Gasteiger partial charge is 0.504 e. The maximum absolute atomic E-state index is 13.7. The van der Waals surface area contributed by atoms with Gasteiger partial charge in [-0.15, -0.1) is 0 Å². The fraction of sp³-hybridized carbons (Fsp3) is 0.632. The van der Waals surface area contributed by atoms with Crippen molar-refractivity contribution in [1.82, 2.24) is 0 Å². The number of aromatic hydroxyl groups is 1. The summed E-state index contributed by atoms with van der Waals surface area (Å²) in [7, 11) is 1.39. The zero-order valence-corrected chi connectivity index (χ0v) is 29.1. The van der Waals surface area contributed by atoms with E-state index in [1.165, 1.54) is 26.2 Å². The van der Waals surface area contributed by atoms with Crippen LogP contribution in [0.4, 0.5) is 0 Å². The van der Waals surface area contributed by atoms with E-state index in [0.717, 1.165) is 32.1 Å². The summed E-state index contributed by atoms with van der Waals surface area (Å²) in [6.07, 6.45) is 6.79. The number of phenolic OH excluding ortho intramolecular Hbond substituents is 1. The van der Waals surface area contributed by atoms with Gasteiger partial charge >= 0.3 is 17.9 Å². The Morgan fingerprint density at radius 1 is 1.02 bits per heavy atom. The van der Waals surface area contributed by atoms with Crippen LogP contribution in [0, 0.1) is 35.0 Å². The van der Waals surface area contributed by atoms with Gasteiger partial charge in [0.05, 0.1) is 19.1 Å². The summed E-state index contributed by atoms with van der Waals surface area (Å²) in [5.41, 5.74) is -5.43. The van der Waals surface area contributed by atoms with Crippen LogP contribution in [0.2, 0.25) is 0 Å². The van der Waals surface area contributed by atoms with Crippen molar-refractivity contribution in [2.45, 2.75) is 109 Å². The van der Waals surface area contributed by atoms with E-state index in [-0.39, 0.29) is 48.0 Å². The van der Waals surface area contributed by atoms with E-state index in [9.17, 15) is 34.5 Å². The number of carbonyl (C=O) groups is 4. The minimum atomic E-state index is -2.16. The van der Waals surface area contributed by atoms with Gasteiger partial charge in [-0.2, -0.15) is 0 Å². The number of methoxy groups -OCH3 is 1. The van der Waals surface area contributed by atoms with E-state index < -0.39 is 75.7 Å². The Morgan fingerprint density at radius 3 is 2.37 bits per heavy atom. The van der Waals surface area contributed by atoms with E-state index in [1.54, 1.807) is 32.1 Å². The summed E-state index contributed by atoms with van der Waals surface area (Å²) in [6, 6.07) is 4.46. The number of carbonyl (C=O) groups excluding carboxylic acids is 4. The third-order valence-electron chi connectivity index (χ3n) is 12.2. The van der Waals surface area contributed by atoms with Crippen molar-refractivity contribution in [3.05, 3.63) is 47.2 Å². The number of ketones is 1. The first-order valence-corrected chi connectivity index (χ1v) is 17.3. The Hall–Kier alpha value is -3.70. The number of fused-ring (bicyclic) bond motifs is 5. The van der Waals surface area contributed by atoms with Crippen LogP contribution in [0.3, 0.4) is 0 Å². The van der Waals surface area contributed by atoms with Crippen molar-refractivity contribution in [2.75, 3.05) is 7.11 Å². The number of esters is 3. The maximum Gasteiger partial charge on any atom is 0.315 e. The van der Waals surface area contributed by atoms with Crippen molar-refractivity contribution in [2.24, 2.45) is 35.0 Å². The van der Waals surface area contributed by atoms with Gasteiger partial charge in [0.1, 0.15) is 17.5 Å². The van der Waals surface area contributed by atoms with Gasteiger partial charge in [0.15, 0.2) is 22.9 Å². The SMILES string of the molecule is COc1cc(CC(=O)OC2=C[C@H]3[C@@H]4C(C)(C)[C@]4(OC(C)=O)[C@H](OC(=O)CC4CCCCC4)[C@@H](C)[C@]3(O)[C@@H]3C=C(C)C(=O)[C@@]3(O)C2)ccc1O. The summed E-state index contributed by atoms with van der Waals surface area (Å²) < 4.78 is 23.4. The standard InChI is InChI=1S/C38H48O11/c1-20-14-29-36(44,33(20)43)19-25(47-30(41)17-24-12-13-27(40)28(15-24)46-6)18-26-32-35(4,5)38(32,49-22(3)39)34(21(2)37(26,29)45)48-31(42)16-23-10-8-7-9-11-23/h12-15,18,21,23,26,29,32,34,40,44-45H,7-11,16-17,19H2,1-6H3/t21-,26+,29-,32-,34-,36-,37-,38-/m1/s1. The first kappa shape index (κ1) is 35.1. The topological polar surface area (TPSA) is 166 Å². The molecule has 0 radical (unpaired) electrons. The van der Waals surface area contributed by atoms with Crippen molar-refractivity contribution < 1.29 is 53.4 Å². The molecule has 0 aliphatic heterocycles. The normalized spacial score (nSPS) is 36.2. The second-order valence-corrected chi connectivity index (χ2v) is 15.5. The molecule has 8 atom stereocenters. The molecule has 0 heterocycles. The summed E-state index contributed by atoms with van der Waals surface area (Å²) in [6.45, 7) is 8.34. The van der Waals surface area contributed by atoms with Crippen molar-refractivity contribution in [3.8, 4) is 11.5 Å². The molecule has 11 heteroatoms. The molecule has 0 amide bonds. The molecule has 0 bridgehead atoms. The molecule has 0 saturated heterocycles. The molecule has 0 spiro atoms. The molecule has 6 rings (SSSR count). The number of hydrogen-bond acceptors (Lipinski definition) is 11. The number of phenols is 1. The fourth-order valence-electron chi connectivity index (χ4n) is 9.89. The molecular formula is C38H48O11. The molecule has 5 aliphatic carbocycles. The number of aliphatic hydroxyl groups is 2. The molecule has 3 N–H and O–H groups in total. The smallest absolute Gasteiger partial charge is 0.315 e. The lowest BCUT2D eigenvalue weighted by Gasteiger charge is -2.52. The Balaban J connectivity index is 1.40. The van der Waals surface area contributed by atoms with Crippen LogP contribution >= 0.6 is 0 Å². The second kappa shape index (κ2) is 12.3. The van der Waals surface area contributed by atoms with Gasteiger partial charge in [-0.25, -0.2) is 0 Å². The zero-order valence-electron chi connectivity index (χ0n) is 29.1. The third-order valence-corrected chi connectivity index (χ3v) is 12.2. The maximum atomic E-state index is 13.7. The van der Waals surface area contributed by atoms with Crippen LogP contribution in [0.15, 0.2) is 41.7 Å². The molecular weight excluding hydrogens is 632 g/mol. The molecule has 11 nitrogen and oxygen atoms in total. The predicted molar refractivity (Wildman–Crippen MR) is 175 cm³/mol. The first-order chi connectivity index (χ1) is 23.0. The van der Waals surface area contributed by atoms with Gasteiger partial charge in [0.2, 0.25) is 0 Å². The highest BCUT2D eigenvalue weighted by Crippen LogP contribution is 2.77. The van der Waals surface area contributed by atoms with Crippen LogP contribution in [-0.4, -0.2) is 69.0 Å². The second-order valence-electron chi connectivity index (χ2n) is 15.5. The molecule has 0 unspecified atom stereocenters. The third kappa shape index (κ3) is 5.48. The molecule has 1 aromatic carbocycles. The zero-order chi connectivity index (χ0) is 35.7. The summed E-state index contributed by atoms with van der Waals surface area (Å²) in [5.74, 6) is -5.59. The average Bonchev–Trinajstić information content (AvgIpc) is 3.45. The number of hydrogen-bond donors (Lipinski definition) is 3. The Morgan fingerprint density at radius 2 is 1.71 bits per heavy atom. The Bertz CT molecular complexity index is 1620. The van der Waals surface area contributed by atoms with Crippen molar-refractivity contribution >= 4 is 23.7 Å². The fourth-order valence-corrected chi connectivity index (χ4v) is 9.89. The van der Waals surface area contributed by atoms with E-state index in [1.807, 2.05) is 13.8 Å². The van der Waals surface area contributed by atoms with Gasteiger partial charge in [0, 0.05) is 48.9 Å². The summed E-state index contributed by atoms with van der Waals surface area (Å²) >= 11 is 0. The summed E-state index contributed by atoms with van der Waals surface area (Å²) in [4.78, 5) is 53.4. The number of Topliss-reactive ketones (excluding diaryl/α,β-unsaturated/α-hetero) is 1. The van der Waals surface area contributed by atoms with Crippen LogP contribution < -0.4 is 4.74 Å². The van der Waals surface area contributed by atoms with Crippen LogP contribution in [-0.2, 0) is 39.8 Å². The number of rotatable bonds is 8. The molecule has 3 fully saturated rings. The lowest BCUT2D eigenvalue weighted by molar-refractivity contribution is -0.228.